The number of nitrogens with one attached hydrogen (secondary N) is 1. The Balaban J connectivity index is 1.71. The van der Waals surface area contributed by atoms with Gasteiger partial charge in [-0.15, -0.1) is 5.10 Å². The Morgan fingerprint density at radius 1 is 1.33 bits per heavy atom. The number of aromatic amines is 1. The molecule has 0 unspecified atom stereocenters. The van der Waals surface area contributed by atoms with Crippen molar-refractivity contribution < 1.29 is 17.9 Å². The molecule has 24 heavy (non-hydrogen) atoms. The van der Waals surface area contributed by atoms with E-state index in [1.54, 1.807) is 4.57 Å². The fraction of sp³-hybridized carbons (Fsp3) is 0.467. The molecule has 0 radical (unpaired) electrons. The average molecular weight is 361 g/mol. The molecule has 0 fully saturated rings. The second kappa shape index (κ2) is 8.27. The maximum absolute atomic E-state index is 12.6. The van der Waals surface area contributed by atoms with Crippen molar-refractivity contribution in [2.45, 2.75) is 37.6 Å². The lowest BCUT2D eigenvalue weighted by Gasteiger charge is -2.10. The highest BCUT2D eigenvalue weighted by atomic mass is 32.2. The maximum Gasteiger partial charge on any atom is 0.416 e. The number of ether oxygens (including phenoxy) is 1. The number of unbranched alkanes of at least 4 members (excludes halogenated alkanes) is 1. The first-order valence-electron chi connectivity index (χ1n) is 7.50. The smallest absolute Gasteiger partial charge is 0.416 e. The topological polar surface area (TPSA) is 59.9 Å². The van der Waals surface area contributed by atoms with Crippen LogP contribution in [0.5, 0.6) is 5.75 Å². The lowest BCUT2D eigenvalue weighted by molar-refractivity contribution is -0.137. The number of aromatic nitrogens is 3. The van der Waals surface area contributed by atoms with Gasteiger partial charge in [0.15, 0.2) is 5.16 Å². The lowest BCUT2D eigenvalue weighted by atomic mass is 10.2. The Morgan fingerprint density at radius 3 is 2.83 bits per heavy atom. The Morgan fingerprint density at radius 2 is 2.12 bits per heavy atom. The van der Waals surface area contributed by atoms with Crippen LogP contribution in [0.4, 0.5) is 13.2 Å². The van der Waals surface area contributed by atoms with E-state index >= 15 is 0 Å². The number of halogens is 3. The van der Waals surface area contributed by atoms with Crippen LogP contribution in [-0.4, -0.2) is 27.1 Å². The highest BCUT2D eigenvalue weighted by Crippen LogP contribution is 2.31. The quantitative estimate of drug-likeness (QED) is 0.577. The first-order valence-corrected chi connectivity index (χ1v) is 8.48. The van der Waals surface area contributed by atoms with Crippen molar-refractivity contribution in [3.8, 4) is 5.75 Å². The molecule has 1 N–H and O–H groups in total. The van der Waals surface area contributed by atoms with E-state index in [0.717, 1.165) is 24.3 Å². The minimum Gasteiger partial charge on any atom is -0.494 e. The van der Waals surface area contributed by atoms with Gasteiger partial charge in [0.05, 0.1) is 12.2 Å². The van der Waals surface area contributed by atoms with Crippen molar-refractivity contribution in [1.82, 2.24) is 14.8 Å². The number of alkyl halides is 3. The molecule has 2 rings (SSSR count). The normalized spacial score (nSPS) is 11.7. The van der Waals surface area contributed by atoms with E-state index in [9.17, 15) is 18.0 Å². The Bertz CT molecular complexity index is 712. The zero-order valence-electron chi connectivity index (χ0n) is 13.1. The summed E-state index contributed by atoms with van der Waals surface area (Å²) in [5.41, 5.74) is -0.945. The molecule has 0 aliphatic rings. The molecular formula is C15H18F3N3O2S. The van der Waals surface area contributed by atoms with Crippen LogP contribution in [0.1, 0.15) is 25.3 Å². The van der Waals surface area contributed by atoms with Gasteiger partial charge in [0.2, 0.25) is 0 Å². The van der Waals surface area contributed by atoms with Crippen LogP contribution in [0.3, 0.4) is 0 Å². The molecule has 2 aromatic rings. The van der Waals surface area contributed by atoms with Gasteiger partial charge >= 0.3 is 11.9 Å². The predicted molar refractivity (Wildman–Crippen MR) is 85.4 cm³/mol. The zero-order valence-corrected chi connectivity index (χ0v) is 13.9. The SMILES string of the molecule is CCn1c(SCCCCOc2cccc(C(F)(F)F)c2)n[nH]c1=O. The highest BCUT2D eigenvalue weighted by Gasteiger charge is 2.30. The summed E-state index contributed by atoms with van der Waals surface area (Å²) in [6, 6.07) is 4.85. The van der Waals surface area contributed by atoms with E-state index in [1.807, 2.05) is 6.92 Å². The van der Waals surface area contributed by atoms with Gasteiger partial charge in [-0.1, -0.05) is 17.8 Å². The number of thioether (sulfide) groups is 1. The molecule has 0 aliphatic carbocycles. The highest BCUT2D eigenvalue weighted by molar-refractivity contribution is 7.99. The summed E-state index contributed by atoms with van der Waals surface area (Å²) < 4.78 is 44.7. The largest absolute Gasteiger partial charge is 0.494 e. The molecule has 9 heteroatoms. The summed E-state index contributed by atoms with van der Waals surface area (Å²) >= 11 is 1.46. The second-order valence-corrected chi connectivity index (χ2v) is 6.05. The van der Waals surface area contributed by atoms with Crippen molar-refractivity contribution in [3.05, 3.63) is 40.3 Å². The second-order valence-electron chi connectivity index (χ2n) is 4.99. The molecule has 1 aromatic heterocycles. The molecule has 0 amide bonds. The number of rotatable bonds is 8. The van der Waals surface area contributed by atoms with Gasteiger partial charge in [-0.25, -0.2) is 9.89 Å². The summed E-state index contributed by atoms with van der Waals surface area (Å²) in [6.07, 6.45) is -2.87. The number of benzene rings is 1. The molecular weight excluding hydrogens is 343 g/mol. The van der Waals surface area contributed by atoms with Crippen LogP contribution in [0, 0.1) is 0 Å². The molecule has 0 saturated carbocycles. The van der Waals surface area contributed by atoms with Crippen LogP contribution in [0.25, 0.3) is 0 Å². The zero-order chi connectivity index (χ0) is 17.6. The fourth-order valence-corrected chi connectivity index (χ4v) is 3.02. The van der Waals surface area contributed by atoms with Gasteiger partial charge in [0.25, 0.3) is 0 Å². The third-order valence-corrected chi connectivity index (χ3v) is 4.30. The molecule has 132 valence electrons. The van der Waals surface area contributed by atoms with Crippen molar-refractivity contribution in [3.63, 3.8) is 0 Å². The third-order valence-electron chi connectivity index (χ3n) is 3.24. The number of H-pyrrole nitrogens is 1. The molecule has 1 heterocycles. The van der Waals surface area contributed by atoms with Crippen LogP contribution in [0.15, 0.2) is 34.2 Å². The summed E-state index contributed by atoms with van der Waals surface area (Å²) in [6.45, 7) is 2.75. The van der Waals surface area contributed by atoms with E-state index < -0.39 is 11.7 Å². The Hall–Kier alpha value is -1.90. The Kier molecular flexibility index (Phi) is 6.36. The molecule has 0 bridgehead atoms. The van der Waals surface area contributed by atoms with Crippen LogP contribution < -0.4 is 10.4 Å². The third kappa shape index (κ3) is 5.05. The molecule has 5 nitrogen and oxygen atoms in total. The van der Waals surface area contributed by atoms with Gasteiger partial charge in [-0.05, 0) is 38.0 Å². The van der Waals surface area contributed by atoms with E-state index in [0.29, 0.717) is 24.7 Å². The molecule has 0 atom stereocenters. The number of hydrogen-bond donors (Lipinski definition) is 1. The summed E-state index contributed by atoms with van der Waals surface area (Å²) in [7, 11) is 0. The average Bonchev–Trinajstić information content (AvgIpc) is 2.90. The molecule has 0 spiro atoms. The van der Waals surface area contributed by atoms with Crippen molar-refractivity contribution >= 4 is 11.8 Å². The van der Waals surface area contributed by atoms with Crippen LogP contribution >= 0.6 is 11.8 Å². The molecule has 0 aliphatic heterocycles. The van der Waals surface area contributed by atoms with E-state index in [-0.39, 0.29) is 11.4 Å². The van der Waals surface area contributed by atoms with Gasteiger partial charge in [0.1, 0.15) is 5.75 Å². The Labute approximate surface area is 141 Å². The molecule has 1 aromatic carbocycles. The number of hydrogen-bond acceptors (Lipinski definition) is 4. The minimum absolute atomic E-state index is 0.213. The van der Waals surface area contributed by atoms with E-state index in [4.69, 9.17) is 4.74 Å². The first-order chi connectivity index (χ1) is 11.4. The minimum atomic E-state index is -4.37. The van der Waals surface area contributed by atoms with Crippen molar-refractivity contribution in [2.24, 2.45) is 0 Å². The van der Waals surface area contributed by atoms with Crippen molar-refractivity contribution in [1.29, 1.82) is 0 Å². The van der Waals surface area contributed by atoms with Crippen LogP contribution in [-0.2, 0) is 12.7 Å². The van der Waals surface area contributed by atoms with Gasteiger partial charge in [-0.2, -0.15) is 13.2 Å². The van der Waals surface area contributed by atoms with Gasteiger partial charge < -0.3 is 4.74 Å². The predicted octanol–water partition coefficient (Wildman–Crippen LogP) is 3.56. The van der Waals surface area contributed by atoms with Crippen LogP contribution in [0.2, 0.25) is 0 Å². The first kappa shape index (κ1) is 18.4. The summed E-state index contributed by atoms with van der Waals surface area (Å²) in [5.74, 6) is 0.959. The fourth-order valence-electron chi connectivity index (χ4n) is 2.01. The van der Waals surface area contributed by atoms with Crippen molar-refractivity contribution in [2.75, 3.05) is 12.4 Å². The summed E-state index contributed by atoms with van der Waals surface area (Å²) in [5, 5.41) is 6.97. The van der Waals surface area contributed by atoms with E-state index in [1.165, 1.54) is 23.9 Å². The monoisotopic (exact) mass is 361 g/mol. The van der Waals surface area contributed by atoms with Gasteiger partial charge in [-0.3, -0.25) is 4.57 Å². The van der Waals surface area contributed by atoms with E-state index in [2.05, 4.69) is 10.2 Å². The standard InChI is InChI=1S/C15H18F3N3O2S/c1-2-21-13(22)19-20-14(21)24-9-4-3-8-23-12-7-5-6-11(10-12)15(16,17)18/h5-7,10H,2-4,8-9H2,1H3,(H,19,22). The lowest BCUT2D eigenvalue weighted by Crippen LogP contribution is -2.16. The molecule has 0 saturated heterocycles. The van der Waals surface area contributed by atoms with Gasteiger partial charge in [0, 0.05) is 12.3 Å². The maximum atomic E-state index is 12.6. The number of nitrogens with zero attached hydrogens (tertiary/aromatic N) is 2. The summed E-state index contributed by atoms with van der Waals surface area (Å²) in [4.78, 5) is 11.4.